The highest BCUT2D eigenvalue weighted by molar-refractivity contribution is 9.10. The minimum atomic E-state index is -0.522. The molecule has 1 atom stereocenters. The van der Waals surface area contributed by atoms with Crippen LogP contribution in [0.5, 0.6) is 0 Å². The number of rotatable bonds is 3. The van der Waals surface area contributed by atoms with Crippen molar-refractivity contribution in [2.75, 3.05) is 0 Å². The van der Waals surface area contributed by atoms with E-state index in [1.165, 1.54) is 11.1 Å². The van der Waals surface area contributed by atoms with Gasteiger partial charge in [0, 0.05) is 16.5 Å². The zero-order valence-corrected chi connectivity index (χ0v) is 13.5. The molecule has 1 unspecified atom stereocenters. The highest BCUT2D eigenvalue weighted by Crippen LogP contribution is 2.33. The van der Waals surface area contributed by atoms with Crippen LogP contribution in [-0.4, -0.2) is 5.11 Å². The van der Waals surface area contributed by atoms with Crippen molar-refractivity contribution >= 4 is 26.7 Å². The first-order chi connectivity index (χ1) is 10.2. The molecule has 0 heterocycles. The van der Waals surface area contributed by atoms with Gasteiger partial charge in [-0.15, -0.1) is 0 Å². The number of aryl methyl sites for hydroxylation is 1. The van der Waals surface area contributed by atoms with Crippen molar-refractivity contribution in [3.05, 3.63) is 81.8 Å². The maximum Gasteiger partial charge on any atom is 0.0847 e. The minimum Gasteiger partial charge on any atom is -0.388 e. The Morgan fingerprint density at radius 2 is 1.67 bits per heavy atom. The van der Waals surface area contributed by atoms with Crippen molar-refractivity contribution in [2.24, 2.45) is 0 Å². The summed E-state index contributed by atoms with van der Waals surface area (Å²) >= 11 is 3.59. The number of aliphatic hydroxyl groups is 1. The van der Waals surface area contributed by atoms with Gasteiger partial charge in [-0.2, -0.15) is 0 Å². The van der Waals surface area contributed by atoms with Gasteiger partial charge >= 0.3 is 0 Å². The number of fused-ring (bicyclic) bond motifs is 1. The fourth-order valence-corrected chi connectivity index (χ4v) is 3.37. The predicted molar refractivity (Wildman–Crippen MR) is 91.5 cm³/mol. The van der Waals surface area contributed by atoms with E-state index in [0.29, 0.717) is 6.42 Å². The lowest BCUT2D eigenvalue weighted by Gasteiger charge is -2.17. The maximum atomic E-state index is 10.7. The molecule has 3 aromatic rings. The molecule has 0 spiro atoms. The molecule has 0 radical (unpaired) electrons. The number of hydrogen-bond acceptors (Lipinski definition) is 1. The summed E-state index contributed by atoms with van der Waals surface area (Å²) < 4.78 is 0.960. The molecule has 2 heteroatoms. The van der Waals surface area contributed by atoms with E-state index >= 15 is 0 Å². The molecule has 0 saturated carbocycles. The third-order valence-electron chi connectivity index (χ3n) is 3.93. The maximum absolute atomic E-state index is 10.7. The second-order valence-electron chi connectivity index (χ2n) is 5.33. The zero-order chi connectivity index (χ0) is 14.8. The molecule has 0 amide bonds. The van der Waals surface area contributed by atoms with Crippen LogP contribution in [0.1, 0.15) is 22.8 Å². The normalized spacial score (nSPS) is 12.5. The van der Waals surface area contributed by atoms with Crippen LogP contribution in [0.15, 0.2) is 65.1 Å². The standard InChI is InChI=1S/C19H17BrO/c1-13-6-2-3-8-15(13)12-18(21)19-16-9-5-4-7-14(16)10-11-17(19)20/h2-11,18,21H,12H2,1H3. The first kappa shape index (κ1) is 14.3. The Morgan fingerprint density at radius 3 is 2.48 bits per heavy atom. The van der Waals surface area contributed by atoms with Crippen LogP contribution in [-0.2, 0) is 6.42 Å². The van der Waals surface area contributed by atoms with E-state index in [1.807, 2.05) is 30.3 Å². The molecule has 3 rings (SSSR count). The average Bonchev–Trinajstić information content (AvgIpc) is 2.49. The van der Waals surface area contributed by atoms with Gasteiger partial charge < -0.3 is 5.11 Å². The van der Waals surface area contributed by atoms with Crippen LogP contribution < -0.4 is 0 Å². The van der Waals surface area contributed by atoms with E-state index in [-0.39, 0.29) is 0 Å². The molecule has 0 aliphatic rings. The SMILES string of the molecule is Cc1ccccc1CC(O)c1c(Br)ccc2ccccc12. The first-order valence-electron chi connectivity index (χ1n) is 7.06. The van der Waals surface area contributed by atoms with Crippen molar-refractivity contribution in [1.82, 2.24) is 0 Å². The molecular formula is C19H17BrO. The molecule has 1 N–H and O–H groups in total. The Kier molecular flexibility index (Phi) is 4.09. The van der Waals surface area contributed by atoms with E-state index in [1.54, 1.807) is 0 Å². The second-order valence-corrected chi connectivity index (χ2v) is 6.18. The first-order valence-corrected chi connectivity index (χ1v) is 7.86. The molecule has 21 heavy (non-hydrogen) atoms. The van der Waals surface area contributed by atoms with Crippen LogP contribution in [0.2, 0.25) is 0 Å². The predicted octanol–water partition coefficient (Wildman–Crippen LogP) is 5.19. The Balaban J connectivity index is 2.04. The number of aliphatic hydroxyl groups excluding tert-OH is 1. The van der Waals surface area contributed by atoms with Crippen LogP contribution in [0.4, 0.5) is 0 Å². The summed E-state index contributed by atoms with van der Waals surface area (Å²) in [5, 5.41) is 13.0. The van der Waals surface area contributed by atoms with Gasteiger partial charge in [0.2, 0.25) is 0 Å². The number of hydrogen-bond donors (Lipinski definition) is 1. The molecule has 0 aromatic heterocycles. The third-order valence-corrected chi connectivity index (χ3v) is 4.62. The van der Waals surface area contributed by atoms with E-state index in [4.69, 9.17) is 0 Å². The highest BCUT2D eigenvalue weighted by atomic mass is 79.9. The van der Waals surface area contributed by atoms with Crippen molar-refractivity contribution < 1.29 is 5.11 Å². The quantitative estimate of drug-likeness (QED) is 0.695. The molecule has 0 bridgehead atoms. The van der Waals surface area contributed by atoms with Crippen molar-refractivity contribution in [1.29, 1.82) is 0 Å². The van der Waals surface area contributed by atoms with Crippen molar-refractivity contribution in [2.45, 2.75) is 19.4 Å². The van der Waals surface area contributed by atoms with Gasteiger partial charge in [0.15, 0.2) is 0 Å². The average molecular weight is 341 g/mol. The molecule has 0 aliphatic heterocycles. The van der Waals surface area contributed by atoms with Gasteiger partial charge in [0.25, 0.3) is 0 Å². The Bertz CT molecular complexity index is 779. The Labute approximate surface area is 133 Å². The molecule has 1 nitrogen and oxygen atoms in total. The summed E-state index contributed by atoms with van der Waals surface area (Å²) in [7, 11) is 0. The molecule has 0 fully saturated rings. The topological polar surface area (TPSA) is 20.2 Å². The largest absolute Gasteiger partial charge is 0.388 e. The van der Waals surface area contributed by atoms with Crippen molar-refractivity contribution in [3.63, 3.8) is 0 Å². The number of halogens is 1. The zero-order valence-electron chi connectivity index (χ0n) is 11.9. The summed E-state index contributed by atoms with van der Waals surface area (Å²) in [4.78, 5) is 0. The molecule has 0 saturated heterocycles. The van der Waals surface area contributed by atoms with Gasteiger partial charge in [-0.05, 0) is 34.9 Å². The summed E-state index contributed by atoms with van der Waals surface area (Å²) in [5.41, 5.74) is 3.37. The summed E-state index contributed by atoms with van der Waals surface area (Å²) in [6, 6.07) is 20.5. The fourth-order valence-electron chi connectivity index (χ4n) is 2.76. The fraction of sp³-hybridized carbons (Fsp3) is 0.158. The molecule has 106 valence electrons. The lowest BCUT2D eigenvalue weighted by atomic mass is 9.94. The minimum absolute atomic E-state index is 0.522. The monoisotopic (exact) mass is 340 g/mol. The summed E-state index contributed by atoms with van der Waals surface area (Å²) in [6.07, 6.45) is 0.103. The highest BCUT2D eigenvalue weighted by Gasteiger charge is 2.16. The molecule has 3 aromatic carbocycles. The van der Waals surface area contributed by atoms with Gasteiger partial charge in [-0.1, -0.05) is 70.5 Å². The van der Waals surface area contributed by atoms with Gasteiger partial charge in [-0.25, -0.2) is 0 Å². The lowest BCUT2D eigenvalue weighted by Crippen LogP contribution is -2.05. The Morgan fingerprint density at radius 1 is 0.952 bits per heavy atom. The van der Waals surface area contributed by atoms with E-state index in [0.717, 1.165) is 20.8 Å². The van der Waals surface area contributed by atoms with Gasteiger partial charge in [-0.3, -0.25) is 0 Å². The number of benzene rings is 3. The van der Waals surface area contributed by atoms with Crippen LogP contribution in [0.3, 0.4) is 0 Å². The van der Waals surface area contributed by atoms with Gasteiger partial charge in [0.1, 0.15) is 0 Å². The van der Waals surface area contributed by atoms with Crippen LogP contribution >= 0.6 is 15.9 Å². The Hall–Kier alpha value is -1.64. The van der Waals surface area contributed by atoms with E-state index < -0.39 is 6.10 Å². The summed E-state index contributed by atoms with van der Waals surface area (Å²) in [6.45, 7) is 2.08. The van der Waals surface area contributed by atoms with Crippen LogP contribution in [0.25, 0.3) is 10.8 Å². The van der Waals surface area contributed by atoms with Crippen LogP contribution in [0, 0.1) is 6.92 Å². The van der Waals surface area contributed by atoms with E-state index in [2.05, 4.69) is 53.2 Å². The smallest absolute Gasteiger partial charge is 0.0847 e. The molecule has 0 aliphatic carbocycles. The van der Waals surface area contributed by atoms with E-state index in [9.17, 15) is 5.11 Å². The summed E-state index contributed by atoms with van der Waals surface area (Å²) in [5.74, 6) is 0. The van der Waals surface area contributed by atoms with Gasteiger partial charge in [0.05, 0.1) is 6.10 Å². The third kappa shape index (κ3) is 2.87. The molecular weight excluding hydrogens is 324 g/mol. The second kappa shape index (κ2) is 6.00. The lowest BCUT2D eigenvalue weighted by molar-refractivity contribution is 0.179. The van der Waals surface area contributed by atoms with Crippen molar-refractivity contribution in [3.8, 4) is 0 Å².